The maximum absolute atomic E-state index is 12.5. The van der Waals surface area contributed by atoms with Crippen LogP contribution in [0.15, 0.2) is 54.7 Å². The van der Waals surface area contributed by atoms with E-state index in [0.29, 0.717) is 6.54 Å². The Labute approximate surface area is 141 Å². The lowest BCUT2D eigenvalue weighted by Gasteiger charge is -2.22. The molecule has 0 aliphatic carbocycles. The van der Waals surface area contributed by atoms with Crippen LogP contribution in [0.5, 0.6) is 0 Å². The minimum atomic E-state index is -0.564. The molecule has 126 valence electrons. The molecule has 6 nitrogen and oxygen atoms in total. The molecule has 0 fully saturated rings. The lowest BCUT2D eigenvalue weighted by molar-refractivity contribution is -0.135. The molecule has 1 amide bonds. The fraction of sp³-hybridized carbons (Fsp3) is 0.222. The molecule has 0 aliphatic heterocycles. The van der Waals surface area contributed by atoms with Crippen molar-refractivity contribution in [2.45, 2.75) is 6.54 Å². The summed E-state index contributed by atoms with van der Waals surface area (Å²) in [5, 5.41) is 0. The van der Waals surface area contributed by atoms with E-state index in [1.54, 1.807) is 11.1 Å². The number of nitrogens with one attached hydrogen (secondary N) is 1. The molecule has 0 atom stereocenters. The van der Waals surface area contributed by atoms with Gasteiger partial charge < -0.3 is 19.5 Å². The molecule has 0 bridgehead atoms. The molecule has 0 saturated carbocycles. The number of aromatic nitrogens is 1. The first-order chi connectivity index (χ1) is 11.5. The van der Waals surface area contributed by atoms with Crippen molar-refractivity contribution < 1.29 is 14.3 Å². The first-order valence-electron chi connectivity index (χ1n) is 7.48. The number of esters is 1. The highest BCUT2D eigenvalue weighted by atomic mass is 16.5. The zero-order valence-corrected chi connectivity index (χ0v) is 14.0. The zero-order valence-electron chi connectivity index (χ0n) is 14.0. The van der Waals surface area contributed by atoms with Gasteiger partial charge in [-0.2, -0.15) is 0 Å². The minimum Gasteiger partial charge on any atom is -0.466 e. The van der Waals surface area contributed by atoms with Crippen LogP contribution in [0.1, 0.15) is 5.69 Å². The molecule has 1 aromatic carbocycles. The van der Waals surface area contributed by atoms with Crippen LogP contribution in [-0.2, 0) is 20.9 Å². The molecule has 0 aliphatic rings. The van der Waals surface area contributed by atoms with Gasteiger partial charge in [0.05, 0.1) is 13.7 Å². The summed E-state index contributed by atoms with van der Waals surface area (Å²) in [6.07, 6.45) is 4.14. The summed E-state index contributed by atoms with van der Waals surface area (Å²) in [5.41, 5.74) is 2.68. The van der Waals surface area contributed by atoms with Crippen LogP contribution in [0.3, 0.4) is 0 Å². The Hall–Kier alpha value is -3.02. The molecule has 6 heteroatoms. The van der Waals surface area contributed by atoms with Gasteiger partial charge in [-0.1, -0.05) is 0 Å². The predicted octanol–water partition coefficient (Wildman–Crippen LogP) is 2.34. The molecular weight excluding hydrogens is 306 g/mol. The van der Waals surface area contributed by atoms with Gasteiger partial charge in [0.2, 0.25) is 0 Å². The largest absolute Gasteiger partial charge is 0.466 e. The maximum Gasteiger partial charge on any atom is 0.330 e. The van der Waals surface area contributed by atoms with Crippen molar-refractivity contribution in [1.82, 2.24) is 4.98 Å². The van der Waals surface area contributed by atoms with Gasteiger partial charge in [-0.15, -0.1) is 0 Å². The summed E-state index contributed by atoms with van der Waals surface area (Å²) >= 11 is 0. The number of amides is 1. The zero-order chi connectivity index (χ0) is 17.5. The van der Waals surface area contributed by atoms with Crippen LogP contribution in [0.4, 0.5) is 11.4 Å². The summed E-state index contributed by atoms with van der Waals surface area (Å²) in [6, 6.07) is 11.4. The number of carbonyl (C=O) groups is 2. The van der Waals surface area contributed by atoms with E-state index in [1.807, 2.05) is 55.4 Å². The molecule has 1 heterocycles. The fourth-order valence-corrected chi connectivity index (χ4v) is 2.16. The highest BCUT2D eigenvalue weighted by Crippen LogP contribution is 2.21. The van der Waals surface area contributed by atoms with E-state index in [9.17, 15) is 9.59 Å². The second-order valence-corrected chi connectivity index (χ2v) is 5.39. The van der Waals surface area contributed by atoms with Crippen LogP contribution in [0.25, 0.3) is 0 Å². The highest BCUT2D eigenvalue weighted by Gasteiger charge is 2.15. The number of carbonyl (C=O) groups excluding carboxylic acids is 2. The van der Waals surface area contributed by atoms with Gasteiger partial charge >= 0.3 is 5.97 Å². The van der Waals surface area contributed by atoms with Crippen LogP contribution in [0.2, 0.25) is 0 Å². The molecule has 1 N–H and O–H groups in total. The van der Waals surface area contributed by atoms with E-state index >= 15 is 0 Å². The summed E-state index contributed by atoms with van der Waals surface area (Å²) in [4.78, 5) is 30.4. The highest BCUT2D eigenvalue weighted by molar-refractivity contribution is 6.04. The summed E-state index contributed by atoms with van der Waals surface area (Å²) < 4.78 is 4.53. The third-order valence-corrected chi connectivity index (χ3v) is 3.50. The molecule has 0 saturated heterocycles. The van der Waals surface area contributed by atoms with Crippen LogP contribution in [0, 0.1) is 0 Å². The normalized spacial score (nSPS) is 10.6. The van der Waals surface area contributed by atoms with Gasteiger partial charge in [0.1, 0.15) is 0 Å². The van der Waals surface area contributed by atoms with Crippen molar-refractivity contribution in [1.29, 1.82) is 0 Å². The molecular formula is C18H21N3O3. The first kappa shape index (κ1) is 17.3. The van der Waals surface area contributed by atoms with Crippen molar-refractivity contribution in [3.05, 3.63) is 60.4 Å². The van der Waals surface area contributed by atoms with Crippen LogP contribution < -0.4 is 9.80 Å². The Bertz CT molecular complexity index is 704. The number of nitrogens with zero attached hydrogens (tertiary/aromatic N) is 2. The number of anilines is 2. The minimum absolute atomic E-state index is 0.299. The Balaban J connectivity index is 2.26. The second kappa shape index (κ2) is 8.01. The van der Waals surface area contributed by atoms with Crippen LogP contribution in [-0.4, -0.2) is 38.1 Å². The summed E-state index contributed by atoms with van der Waals surface area (Å²) in [5.74, 6) is -0.862. The third-order valence-electron chi connectivity index (χ3n) is 3.50. The van der Waals surface area contributed by atoms with E-state index in [4.69, 9.17) is 0 Å². The monoisotopic (exact) mass is 327 g/mol. The number of ether oxygens (including phenoxy) is 1. The van der Waals surface area contributed by atoms with Crippen molar-refractivity contribution >= 4 is 23.3 Å². The predicted molar refractivity (Wildman–Crippen MR) is 93.9 cm³/mol. The van der Waals surface area contributed by atoms with Crippen molar-refractivity contribution in [2.75, 3.05) is 31.0 Å². The van der Waals surface area contributed by atoms with E-state index in [-0.39, 0.29) is 5.91 Å². The number of methoxy groups -OCH3 is 1. The number of H-pyrrole nitrogens is 1. The van der Waals surface area contributed by atoms with E-state index in [1.165, 1.54) is 13.2 Å². The Morgan fingerprint density at radius 1 is 1.08 bits per heavy atom. The molecule has 24 heavy (non-hydrogen) atoms. The van der Waals surface area contributed by atoms with Crippen molar-refractivity contribution in [2.24, 2.45) is 0 Å². The van der Waals surface area contributed by atoms with Crippen LogP contribution >= 0.6 is 0 Å². The third kappa shape index (κ3) is 4.49. The van der Waals surface area contributed by atoms with Gasteiger partial charge in [-0.3, -0.25) is 4.79 Å². The topological polar surface area (TPSA) is 65.6 Å². The van der Waals surface area contributed by atoms with Gasteiger partial charge in [-0.05, 0) is 36.4 Å². The Morgan fingerprint density at radius 2 is 1.75 bits per heavy atom. The average Bonchev–Trinajstić information content (AvgIpc) is 3.10. The molecule has 2 aromatic rings. The number of hydrogen-bond donors (Lipinski definition) is 1. The first-order valence-corrected chi connectivity index (χ1v) is 7.48. The Morgan fingerprint density at radius 3 is 2.29 bits per heavy atom. The molecule has 0 spiro atoms. The Kier molecular flexibility index (Phi) is 5.78. The number of benzene rings is 1. The smallest absolute Gasteiger partial charge is 0.330 e. The summed E-state index contributed by atoms with van der Waals surface area (Å²) in [6.45, 7) is 0.374. The van der Waals surface area contributed by atoms with Gasteiger partial charge in [-0.25, -0.2) is 4.79 Å². The van der Waals surface area contributed by atoms with Gasteiger partial charge in [0.15, 0.2) is 0 Å². The molecule has 0 radical (unpaired) electrons. The standard InChI is InChI=1S/C18H21N3O3/c1-20(2)15-6-8-16(9-7-15)21(13-14-5-4-12-19-14)17(22)10-11-18(23)24-3/h4-12,19H,13H2,1-3H3/b11-10+. The van der Waals surface area contributed by atoms with Crippen molar-refractivity contribution in [3.63, 3.8) is 0 Å². The quantitative estimate of drug-likeness (QED) is 0.653. The van der Waals surface area contributed by atoms with E-state index in [0.717, 1.165) is 23.1 Å². The maximum atomic E-state index is 12.5. The van der Waals surface area contributed by atoms with Gasteiger partial charge in [0, 0.05) is 49.5 Å². The van der Waals surface area contributed by atoms with E-state index in [2.05, 4.69) is 9.72 Å². The van der Waals surface area contributed by atoms with E-state index < -0.39 is 5.97 Å². The second-order valence-electron chi connectivity index (χ2n) is 5.39. The molecule has 0 unspecified atom stereocenters. The van der Waals surface area contributed by atoms with Crippen molar-refractivity contribution in [3.8, 4) is 0 Å². The number of hydrogen-bond acceptors (Lipinski definition) is 4. The van der Waals surface area contributed by atoms with Gasteiger partial charge in [0.25, 0.3) is 5.91 Å². The number of aromatic amines is 1. The lowest BCUT2D eigenvalue weighted by Crippen LogP contribution is -2.29. The fourth-order valence-electron chi connectivity index (χ4n) is 2.16. The number of rotatable bonds is 6. The average molecular weight is 327 g/mol. The SMILES string of the molecule is COC(=O)/C=C/C(=O)N(Cc1ccc[nH]1)c1ccc(N(C)C)cc1. The lowest BCUT2D eigenvalue weighted by atomic mass is 10.2. The molecule has 1 aromatic heterocycles. The summed E-state index contributed by atoms with van der Waals surface area (Å²) in [7, 11) is 5.18. The molecule has 2 rings (SSSR count).